The van der Waals surface area contributed by atoms with E-state index in [4.69, 9.17) is 34.8 Å². The molecule has 0 spiro atoms. The highest BCUT2D eigenvalue weighted by Crippen LogP contribution is 2.66. The number of hydrogen-bond donors (Lipinski definition) is 1. The van der Waals surface area contributed by atoms with E-state index in [9.17, 15) is 24.3 Å². The first-order valence-electron chi connectivity index (χ1n) is 12.9. The van der Waals surface area contributed by atoms with Gasteiger partial charge in [0.05, 0.1) is 17.5 Å². The van der Waals surface area contributed by atoms with Gasteiger partial charge in [-0.15, -0.1) is 29.8 Å². The van der Waals surface area contributed by atoms with Gasteiger partial charge in [0.1, 0.15) is 5.75 Å². The molecule has 3 fully saturated rings. The average Bonchev–Trinajstić information content (AvgIpc) is 3.26. The van der Waals surface area contributed by atoms with Gasteiger partial charge in [0, 0.05) is 23.6 Å². The standard InChI is InChI=1S/C30H25Cl3N2O5/c1-3-5-15-6-4-7-20(24(15)36)23-18-12-13-19-22(26(38)35(25(19)37)17-10-8-16(31)9-11-17)21(18)14-29(32)27(39)34(2)28(40)30(23,29)33/h3-4,6-12,19,21-23,36H,1,5,13-14H2,2H3. The molecule has 10 heteroatoms. The summed E-state index contributed by atoms with van der Waals surface area (Å²) >= 11 is 20.4. The number of hydrogen-bond acceptors (Lipinski definition) is 5. The second-order valence-electron chi connectivity index (χ2n) is 10.8. The molecule has 2 aliphatic heterocycles. The van der Waals surface area contributed by atoms with Gasteiger partial charge in [0.25, 0.3) is 11.8 Å². The molecule has 40 heavy (non-hydrogen) atoms. The van der Waals surface area contributed by atoms with Crippen LogP contribution in [0.15, 0.2) is 66.8 Å². The number of alkyl halides is 2. The monoisotopic (exact) mass is 598 g/mol. The molecule has 6 unspecified atom stereocenters. The highest BCUT2D eigenvalue weighted by Gasteiger charge is 2.76. The van der Waals surface area contributed by atoms with Crippen molar-refractivity contribution in [3.05, 3.63) is 82.9 Å². The zero-order valence-electron chi connectivity index (χ0n) is 21.4. The van der Waals surface area contributed by atoms with Gasteiger partial charge < -0.3 is 5.11 Å². The highest BCUT2D eigenvalue weighted by atomic mass is 35.5. The molecule has 0 radical (unpaired) electrons. The van der Waals surface area contributed by atoms with Gasteiger partial charge in [-0.2, -0.15) is 0 Å². The van der Waals surface area contributed by atoms with Gasteiger partial charge in [-0.1, -0.05) is 47.5 Å². The average molecular weight is 600 g/mol. The van der Waals surface area contributed by atoms with E-state index in [2.05, 4.69) is 6.58 Å². The third-order valence-corrected chi connectivity index (χ3v) is 10.6. The summed E-state index contributed by atoms with van der Waals surface area (Å²) < 4.78 is 0. The molecular weight excluding hydrogens is 575 g/mol. The number of imide groups is 2. The van der Waals surface area contributed by atoms with E-state index in [-0.39, 0.29) is 24.5 Å². The van der Waals surface area contributed by atoms with Crippen LogP contribution in [0.1, 0.15) is 29.9 Å². The van der Waals surface area contributed by atoms with Crippen LogP contribution < -0.4 is 4.90 Å². The molecule has 2 saturated heterocycles. The molecule has 4 amide bonds. The van der Waals surface area contributed by atoms with Crippen LogP contribution >= 0.6 is 34.8 Å². The maximum Gasteiger partial charge on any atom is 0.253 e. The molecule has 0 bridgehead atoms. The first-order valence-corrected chi connectivity index (χ1v) is 14.1. The number of fused-ring (bicyclic) bond motifs is 4. The number of nitrogens with zero attached hydrogens (tertiary/aromatic N) is 2. The Morgan fingerprint density at radius 1 is 1.02 bits per heavy atom. The largest absolute Gasteiger partial charge is 0.507 e. The molecule has 2 aliphatic carbocycles. The van der Waals surface area contributed by atoms with E-state index < -0.39 is 51.1 Å². The molecule has 4 aliphatic rings. The number of carbonyl (C=O) groups excluding carboxylic acids is 4. The summed E-state index contributed by atoms with van der Waals surface area (Å²) in [4.78, 5) is 53.0. The van der Waals surface area contributed by atoms with Gasteiger partial charge in [-0.25, -0.2) is 0 Å². The molecule has 0 aromatic heterocycles. The molecule has 1 saturated carbocycles. The quantitative estimate of drug-likeness (QED) is 0.304. The zero-order chi connectivity index (χ0) is 28.7. The minimum absolute atomic E-state index is 0.0819. The van der Waals surface area contributed by atoms with Gasteiger partial charge in [-0.3, -0.25) is 29.0 Å². The molecule has 7 nitrogen and oxygen atoms in total. The highest BCUT2D eigenvalue weighted by molar-refractivity contribution is 6.53. The number of rotatable bonds is 4. The van der Waals surface area contributed by atoms with Crippen LogP contribution in [-0.2, 0) is 25.6 Å². The maximum atomic E-state index is 14.0. The van der Waals surface area contributed by atoms with Crippen molar-refractivity contribution in [3.63, 3.8) is 0 Å². The summed E-state index contributed by atoms with van der Waals surface area (Å²) in [6.07, 6.45) is 3.95. The van der Waals surface area contributed by atoms with Crippen molar-refractivity contribution in [3.8, 4) is 5.75 Å². The van der Waals surface area contributed by atoms with Gasteiger partial charge in [-0.05, 0) is 55.0 Å². The second kappa shape index (κ2) is 9.20. The fourth-order valence-corrected chi connectivity index (χ4v) is 8.24. The maximum absolute atomic E-state index is 14.0. The van der Waals surface area contributed by atoms with Crippen molar-refractivity contribution in [2.24, 2.45) is 17.8 Å². The molecule has 206 valence electrons. The van der Waals surface area contributed by atoms with Crippen LogP contribution in [0.5, 0.6) is 5.75 Å². The normalized spacial score (nSPS) is 33.0. The summed E-state index contributed by atoms with van der Waals surface area (Å²) in [6.45, 7) is 3.75. The SMILES string of the molecule is C=CCc1cccc(C2C3=CCC4C(=O)N(c5ccc(Cl)cc5)C(=O)C4C3CC3(Cl)C(=O)N(C)C(=O)C23Cl)c1O. The van der Waals surface area contributed by atoms with E-state index in [1.54, 1.807) is 48.5 Å². The lowest BCUT2D eigenvalue weighted by molar-refractivity contribution is -0.138. The molecule has 2 aromatic carbocycles. The number of para-hydroxylation sites is 1. The van der Waals surface area contributed by atoms with Crippen LogP contribution in [0.4, 0.5) is 5.69 Å². The summed E-state index contributed by atoms with van der Waals surface area (Å²) in [7, 11) is 1.33. The van der Waals surface area contributed by atoms with Gasteiger partial charge in [0.15, 0.2) is 9.75 Å². The fraction of sp³-hybridized carbons (Fsp3) is 0.333. The number of carbonyl (C=O) groups is 4. The number of anilines is 1. The van der Waals surface area contributed by atoms with Gasteiger partial charge in [0.2, 0.25) is 11.8 Å². The number of likely N-dealkylation sites (tertiary alicyclic amines) is 1. The molecule has 1 N–H and O–H groups in total. The molecule has 6 rings (SSSR count). The van der Waals surface area contributed by atoms with Crippen LogP contribution in [0, 0.1) is 17.8 Å². The predicted molar refractivity (Wildman–Crippen MR) is 151 cm³/mol. The summed E-state index contributed by atoms with van der Waals surface area (Å²) in [6, 6.07) is 11.5. The topological polar surface area (TPSA) is 95.0 Å². The Morgan fingerprint density at radius 2 is 1.73 bits per heavy atom. The summed E-state index contributed by atoms with van der Waals surface area (Å²) in [5.74, 6) is -5.39. The van der Waals surface area contributed by atoms with Crippen LogP contribution in [-0.4, -0.2) is 50.4 Å². The lowest BCUT2D eigenvalue weighted by atomic mass is 9.56. The molecule has 2 heterocycles. The minimum atomic E-state index is -1.96. The lowest BCUT2D eigenvalue weighted by Gasteiger charge is -2.50. The Labute approximate surface area is 246 Å². The van der Waals surface area contributed by atoms with Crippen molar-refractivity contribution < 1.29 is 24.3 Å². The first kappa shape index (κ1) is 27.1. The van der Waals surface area contributed by atoms with Crippen molar-refractivity contribution in [2.75, 3.05) is 11.9 Å². The molecule has 6 atom stereocenters. The van der Waals surface area contributed by atoms with E-state index in [0.29, 0.717) is 33.8 Å². The summed E-state index contributed by atoms with van der Waals surface area (Å²) in [5.41, 5.74) is 1.91. The Hall–Kier alpha value is -3.13. The Balaban J connectivity index is 1.53. The van der Waals surface area contributed by atoms with E-state index >= 15 is 0 Å². The predicted octanol–water partition coefficient (Wildman–Crippen LogP) is 4.97. The lowest BCUT2D eigenvalue weighted by Crippen LogP contribution is -2.60. The number of halogens is 3. The summed E-state index contributed by atoms with van der Waals surface area (Å²) in [5, 5.41) is 11.8. The third kappa shape index (κ3) is 3.37. The number of phenols is 1. The molecule has 2 aromatic rings. The van der Waals surface area contributed by atoms with Crippen molar-refractivity contribution in [1.29, 1.82) is 0 Å². The number of allylic oxidation sites excluding steroid dienone is 3. The number of benzene rings is 2. The zero-order valence-corrected chi connectivity index (χ0v) is 23.7. The smallest absolute Gasteiger partial charge is 0.253 e. The fourth-order valence-electron chi connectivity index (χ4n) is 7.10. The molecular formula is C30H25Cl3N2O5. The van der Waals surface area contributed by atoms with Crippen molar-refractivity contribution in [2.45, 2.75) is 34.9 Å². The minimum Gasteiger partial charge on any atom is -0.507 e. The second-order valence-corrected chi connectivity index (χ2v) is 12.5. The van der Waals surface area contributed by atoms with E-state index in [1.165, 1.54) is 7.05 Å². The first-order chi connectivity index (χ1) is 19.0. The Morgan fingerprint density at radius 3 is 2.40 bits per heavy atom. The van der Waals surface area contributed by atoms with Crippen molar-refractivity contribution >= 4 is 64.1 Å². The number of phenolic OH excluding ortho intramolecular Hbond substituents is 1. The van der Waals surface area contributed by atoms with Gasteiger partial charge >= 0.3 is 0 Å². The van der Waals surface area contributed by atoms with E-state index in [1.807, 2.05) is 6.08 Å². The third-order valence-electron chi connectivity index (χ3n) is 8.93. The Bertz CT molecular complexity index is 1540. The van der Waals surface area contributed by atoms with E-state index in [0.717, 1.165) is 9.80 Å². The van der Waals surface area contributed by atoms with Crippen LogP contribution in [0.2, 0.25) is 5.02 Å². The van der Waals surface area contributed by atoms with Crippen LogP contribution in [0.3, 0.4) is 0 Å². The number of amides is 4. The number of aromatic hydroxyl groups is 1. The van der Waals surface area contributed by atoms with Crippen molar-refractivity contribution in [1.82, 2.24) is 4.90 Å². The van der Waals surface area contributed by atoms with Crippen LogP contribution in [0.25, 0.3) is 0 Å². The Kier molecular flexibility index (Phi) is 6.22.